The zero-order valence-electron chi connectivity index (χ0n) is 10.3. The first-order valence-corrected chi connectivity index (χ1v) is 6.96. The highest BCUT2D eigenvalue weighted by atomic mass is 32.2. The summed E-state index contributed by atoms with van der Waals surface area (Å²) >= 11 is 1.90. The third-order valence-electron chi connectivity index (χ3n) is 3.03. The zero-order valence-corrected chi connectivity index (χ0v) is 11.1. The number of thioether (sulfide) groups is 1. The van der Waals surface area contributed by atoms with E-state index in [2.05, 4.69) is 24.9 Å². The molecule has 0 saturated heterocycles. The minimum absolute atomic E-state index is 0.740. The fraction of sp³-hybridized carbons (Fsp3) is 0.357. The van der Waals surface area contributed by atoms with E-state index < -0.39 is 0 Å². The normalized spacial score (nSPS) is 12.8. The number of hydrogen-bond acceptors (Lipinski definition) is 3. The van der Waals surface area contributed by atoms with Crippen molar-refractivity contribution in [3.8, 4) is 0 Å². The number of rotatable bonds is 4. The van der Waals surface area contributed by atoms with Gasteiger partial charge in [-0.25, -0.2) is 0 Å². The van der Waals surface area contributed by atoms with Crippen LogP contribution in [0.3, 0.4) is 0 Å². The average molecular weight is 246 g/mol. The Kier molecular flexibility index (Phi) is 3.89. The van der Waals surface area contributed by atoms with Crippen LogP contribution < -0.4 is 5.73 Å². The van der Waals surface area contributed by atoms with Crippen molar-refractivity contribution in [1.82, 2.24) is 4.98 Å². The maximum Gasteiger partial charge on any atom is 0.0395 e. The Hall–Kier alpha value is -1.22. The summed E-state index contributed by atoms with van der Waals surface area (Å²) in [6.07, 6.45) is 4.92. The SMILES string of the molecule is CCC(C)CSc1ccc(N)c2ccncc12. The highest BCUT2D eigenvalue weighted by Gasteiger charge is 2.06. The predicted molar refractivity (Wildman–Crippen MR) is 76.3 cm³/mol. The first-order chi connectivity index (χ1) is 8.22. The second-order valence-corrected chi connectivity index (χ2v) is 5.46. The van der Waals surface area contributed by atoms with Crippen LogP contribution >= 0.6 is 11.8 Å². The number of fused-ring (bicyclic) bond motifs is 1. The Balaban J connectivity index is 2.32. The van der Waals surface area contributed by atoms with Gasteiger partial charge in [0.1, 0.15) is 0 Å². The van der Waals surface area contributed by atoms with Gasteiger partial charge in [-0.05, 0) is 24.1 Å². The van der Waals surface area contributed by atoms with Gasteiger partial charge in [-0.3, -0.25) is 4.98 Å². The van der Waals surface area contributed by atoms with Crippen LogP contribution in [0.5, 0.6) is 0 Å². The van der Waals surface area contributed by atoms with Crippen LogP contribution in [-0.4, -0.2) is 10.7 Å². The molecule has 1 aromatic heterocycles. The van der Waals surface area contributed by atoms with E-state index in [9.17, 15) is 0 Å². The lowest BCUT2D eigenvalue weighted by molar-refractivity contribution is 0.637. The van der Waals surface area contributed by atoms with Gasteiger partial charge in [0, 0.05) is 39.5 Å². The zero-order chi connectivity index (χ0) is 12.3. The van der Waals surface area contributed by atoms with Crippen molar-refractivity contribution in [1.29, 1.82) is 0 Å². The van der Waals surface area contributed by atoms with Crippen LogP contribution in [0.1, 0.15) is 20.3 Å². The number of benzene rings is 1. The predicted octanol–water partition coefficient (Wildman–Crippen LogP) is 3.96. The number of pyridine rings is 1. The molecule has 0 fully saturated rings. The number of anilines is 1. The van der Waals surface area contributed by atoms with Crippen LogP contribution in [0.15, 0.2) is 35.5 Å². The molecule has 0 spiro atoms. The summed E-state index contributed by atoms with van der Waals surface area (Å²) in [5, 5.41) is 2.27. The van der Waals surface area contributed by atoms with Crippen molar-refractivity contribution >= 4 is 28.2 Å². The second-order valence-electron chi connectivity index (χ2n) is 4.40. The number of hydrogen-bond donors (Lipinski definition) is 1. The minimum Gasteiger partial charge on any atom is -0.398 e. The molecule has 0 aliphatic rings. The summed E-state index contributed by atoms with van der Waals surface area (Å²) in [6, 6.07) is 6.08. The summed E-state index contributed by atoms with van der Waals surface area (Å²) in [5.74, 6) is 1.88. The average Bonchev–Trinajstić information content (AvgIpc) is 2.38. The van der Waals surface area contributed by atoms with Crippen molar-refractivity contribution in [2.75, 3.05) is 11.5 Å². The van der Waals surface area contributed by atoms with E-state index in [-0.39, 0.29) is 0 Å². The third-order valence-corrected chi connectivity index (χ3v) is 4.43. The highest BCUT2D eigenvalue weighted by Crippen LogP contribution is 2.32. The molecule has 1 atom stereocenters. The van der Waals surface area contributed by atoms with Gasteiger partial charge in [0.25, 0.3) is 0 Å². The monoisotopic (exact) mass is 246 g/mol. The van der Waals surface area contributed by atoms with E-state index in [1.807, 2.05) is 30.1 Å². The molecule has 90 valence electrons. The molecule has 0 radical (unpaired) electrons. The van der Waals surface area contributed by atoms with Crippen LogP contribution in [0.4, 0.5) is 5.69 Å². The summed E-state index contributed by atoms with van der Waals surface area (Å²) in [5.41, 5.74) is 6.80. The highest BCUT2D eigenvalue weighted by molar-refractivity contribution is 7.99. The topological polar surface area (TPSA) is 38.9 Å². The Morgan fingerprint density at radius 1 is 1.29 bits per heavy atom. The smallest absolute Gasteiger partial charge is 0.0395 e. The van der Waals surface area contributed by atoms with Crippen LogP contribution in [0.25, 0.3) is 10.8 Å². The molecule has 1 aromatic carbocycles. The summed E-state index contributed by atoms with van der Waals surface area (Å²) < 4.78 is 0. The van der Waals surface area contributed by atoms with Crippen molar-refractivity contribution in [2.45, 2.75) is 25.2 Å². The van der Waals surface area contributed by atoms with Gasteiger partial charge in [0.2, 0.25) is 0 Å². The molecule has 0 aliphatic heterocycles. The molecule has 2 aromatic rings. The van der Waals surface area contributed by atoms with Gasteiger partial charge >= 0.3 is 0 Å². The van der Waals surface area contributed by atoms with Crippen molar-refractivity contribution in [3.63, 3.8) is 0 Å². The van der Waals surface area contributed by atoms with Crippen LogP contribution in [0.2, 0.25) is 0 Å². The number of nitrogens with two attached hydrogens (primary N) is 1. The van der Waals surface area contributed by atoms with E-state index >= 15 is 0 Å². The molecule has 3 heteroatoms. The molecule has 17 heavy (non-hydrogen) atoms. The Labute approximate surface area is 107 Å². The second kappa shape index (κ2) is 5.41. The lowest BCUT2D eigenvalue weighted by Gasteiger charge is -2.10. The van der Waals surface area contributed by atoms with E-state index in [4.69, 9.17) is 5.73 Å². The lowest BCUT2D eigenvalue weighted by Crippen LogP contribution is -1.96. The molecule has 1 unspecified atom stereocenters. The Morgan fingerprint density at radius 3 is 2.88 bits per heavy atom. The molecule has 1 heterocycles. The molecular weight excluding hydrogens is 228 g/mol. The Bertz CT molecular complexity index is 511. The first kappa shape index (κ1) is 12.2. The molecule has 0 saturated carbocycles. The molecule has 2 N–H and O–H groups in total. The van der Waals surface area contributed by atoms with Gasteiger partial charge in [-0.2, -0.15) is 0 Å². The van der Waals surface area contributed by atoms with E-state index in [0.717, 1.165) is 22.7 Å². The van der Waals surface area contributed by atoms with Gasteiger partial charge in [-0.1, -0.05) is 20.3 Å². The van der Waals surface area contributed by atoms with E-state index in [0.29, 0.717) is 0 Å². The number of nitrogens with zero attached hydrogens (tertiary/aromatic N) is 1. The van der Waals surface area contributed by atoms with Gasteiger partial charge < -0.3 is 5.73 Å². The van der Waals surface area contributed by atoms with Crippen LogP contribution in [-0.2, 0) is 0 Å². The number of nitrogen functional groups attached to an aromatic ring is 1. The van der Waals surface area contributed by atoms with Gasteiger partial charge in [0.15, 0.2) is 0 Å². The quantitative estimate of drug-likeness (QED) is 0.655. The standard InChI is InChI=1S/C14H18N2S/c1-3-10(2)9-17-14-5-4-13(15)11-6-7-16-8-12(11)14/h4-8,10H,3,9,15H2,1-2H3. The summed E-state index contributed by atoms with van der Waals surface area (Å²) in [4.78, 5) is 5.47. The van der Waals surface area contributed by atoms with E-state index in [1.165, 1.54) is 16.7 Å². The largest absolute Gasteiger partial charge is 0.398 e. The molecule has 0 bridgehead atoms. The van der Waals surface area contributed by atoms with Crippen molar-refractivity contribution in [3.05, 3.63) is 30.6 Å². The van der Waals surface area contributed by atoms with E-state index in [1.54, 1.807) is 6.20 Å². The van der Waals surface area contributed by atoms with Gasteiger partial charge in [-0.15, -0.1) is 11.8 Å². The molecule has 0 aliphatic carbocycles. The molecule has 2 nitrogen and oxygen atoms in total. The Morgan fingerprint density at radius 2 is 2.12 bits per heavy atom. The van der Waals surface area contributed by atoms with Crippen molar-refractivity contribution < 1.29 is 0 Å². The molecule has 0 amide bonds. The van der Waals surface area contributed by atoms with Gasteiger partial charge in [0.05, 0.1) is 0 Å². The maximum absolute atomic E-state index is 5.97. The number of aromatic nitrogens is 1. The third kappa shape index (κ3) is 2.72. The first-order valence-electron chi connectivity index (χ1n) is 5.97. The minimum atomic E-state index is 0.740. The summed E-state index contributed by atoms with van der Waals surface area (Å²) in [7, 11) is 0. The lowest BCUT2D eigenvalue weighted by atomic mass is 10.1. The van der Waals surface area contributed by atoms with Crippen LogP contribution in [0, 0.1) is 5.92 Å². The fourth-order valence-electron chi connectivity index (χ4n) is 1.66. The molecule has 2 rings (SSSR count). The maximum atomic E-state index is 5.97. The summed E-state index contributed by atoms with van der Waals surface area (Å²) in [6.45, 7) is 4.51. The molecular formula is C14H18N2S. The van der Waals surface area contributed by atoms with Crippen molar-refractivity contribution in [2.24, 2.45) is 5.92 Å². The fourth-order valence-corrected chi connectivity index (χ4v) is 2.85.